The summed E-state index contributed by atoms with van der Waals surface area (Å²) in [5.41, 5.74) is 4.56. The molecule has 60 heavy (non-hydrogen) atoms. The number of rotatable bonds is 18. The number of amides is 3. The van der Waals surface area contributed by atoms with Gasteiger partial charge in [0.05, 0.1) is 24.4 Å². The molecule has 1 aliphatic rings. The van der Waals surface area contributed by atoms with Crippen molar-refractivity contribution in [1.82, 2.24) is 20.1 Å². The minimum absolute atomic E-state index is 0.0527. The molecular weight excluding hydrogens is 765 g/mol. The van der Waals surface area contributed by atoms with Crippen LogP contribution in [0.5, 0.6) is 11.5 Å². The Kier molecular flexibility index (Phi) is 15.3. The van der Waals surface area contributed by atoms with Gasteiger partial charge >= 0.3 is 6.09 Å². The lowest BCUT2D eigenvalue weighted by Crippen LogP contribution is -2.40. The number of aromatic amines is 1. The summed E-state index contributed by atoms with van der Waals surface area (Å²) in [6.45, 7) is 3.25. The van der Waals surface area contributed by atoms with Gasteiger partial charge in [0, 0.05) is 93.5 Å². The first kappa shape index (κ1) is 43.4. The number of anilines is 2. The van der Waals surface area contributed by atoms with Gasteiger partial charge in [-0.2, -0.15) is 0 Å². The van der Waals surface area contributed by atoms with E-state index in [0.29, 0.717) is 86.2 Å². The number of aromatic hydroxyl groups is 1. The van der Waals surface area contributed by atoms with Gasteiger partial charge in [-0.15, -0.1) is 0 Å². The molecule has 4 aromatic carbocycles. The molecule has 0 bridgehead atoms. The van der Waals surface area contributed by atoms with Crippen molar-refractivity contribution >= 4 is 40.2 Å². The molecule has 1 aliphatic heterocycles. The largest absolute Gasteiger partial charge is 0.506 e. The molecule has 2 heterocycles. The highest BCUT2D eigenvalue weighted by atomic mass is 16.6. The number of pyridine rings is 1. The highest BCUT2D eigenvalue weighted by Crippen LogP contribution is 2.30. The van der Waals surface area contributed by atoms with Crippen LogP contribution in [0.25, 0.3) is 22.0 Å². The molecule has 0 radical (unpaired) electrons. The van der Waals surface area contributed by atoms with Crippen molar-refractivity contribution in [2.24, 2.45) is 0 Å². The highest BCUT2D eigenvalue weighted by molar-refractivity contribution is 5.92. The first-order valence-corrected chi connectivity index (χ1v) is 20.4. The maximum Gasteiger partial charge on any atom is 0.411 e. The molecule has 3 amide bonds. The number of hydrogen-bond donors (Lipinski definition) is 6. The monoisotopic (exact) mass is 818 g/mol. The number of nitrogens with one attached hydrogen (secondary N) is 4. The Morgan fingerprint density at radius 2 is 1.68 bits per heavy atom. The van der Waals surface area contributed by atoms with Crippen molar-refractivity contribution in [3.05, 3.63) is 119 Å². The molecule has 1 aromatic heterocycles. The number of unbranched alkanes of at least 4 members (excludes halogenated alkanes) is 1. The number of nitrogens with zero attached hydrogens (tertiary/aromatic N) is 2. The molecule has 6 rings (SSSR count). The van der Waals surface area contributed by atoms with Crippen molar-refractivity contribution in [1.29, 1.82) is 0 Å². The van der Waals surface area contributed by atoms with Crippen molar-refractivity contribution < 1.29 is 34.1 Å². The summed E-state index contributed by atoms with van der Waals surface area (Å²) in [4.78, 5) is 56.7. The SMILES string of the molecule is COc1cc(NC(=O)CCCCN(C)C(=O)CCN2CCC(OC(=O)Nc3ccccc3-c3ccccc3)CC2)ccc1CNC[C@@H](O)c1ccc(O)c2[nH]c(=O)ccc12. The van der Waals surface area contributed by atoms with E-state index < -0.39 is 12.2 Å². The second-order valence-corrected chi connectivity index (χ2v) is 15.0. The van der Waals surface area contributed by atoms with Gasteiger partial charge in [0.15, 0.2) is 0 Å². The predicted molar refractivity (Wildman–Crippen MR) is 232 cm³/mol. The van der Waals surface area contributed by atoms with E-state index in [1.807, 2.05) is 60.7 Å². The van der Waals surface area contributed by atoms with E-state index in [1.165, 1.54) is 12.1 Å². The quantitative estimate of drug-likeness (QED) is 0.0541. The number of methoxy groups -OCH3 is 1. The van der Waals surface area contributed by atoms with E-state index in [1.54, 1.807) is 43.3 Å². The minimum atomic E-state index is -0.907. The molecule has 1 atom stereocenters. The molecule has 316 valence electrons. The number of aliphatic hydroxyl groups excluding tert-OH is 1. The number of aromatic nitrogens is 1. The van der Waals surface area contributed by atoms with Crippen LogP contribution in [0.2, 0.25) is 0 Å². The summed E-state index contributed by atoms with van der Waals surface area (Å²) in [6.07, 6.45) is 1.85. The number of fused-ring (bicyclic) bond motifs is 1. The van der Waals surface area contributed by atoms with Crippen LogP contribution in [0, 0.1) is 0 Å². The fraction of sp³-hybridized carbons (Fsp3) is 0.348. The zero-order chi connectivity index (χ0) is 42.4. The molecule has 1 fully saturated rings. The molecule has 0 aliphatic carbocycles. The summed E-state index contributed by atoms with van der Waals surface area (Å²) in [7, 11) is 3.34. The van der Waals surface area contributed by atoms with Crippen LogP contribution in [0.15, 0.2) is 102 Å². The topological polar surface area (TPSA) is 186 Å². The molecule has 1 saturated heterocycles. The van der Waals surface area contributed by atoms with E-state index in [9.17, 15) is 29.4 Å². The van der Waals surface area contributed by atoms with Gasteiger partial charge in [-0.1, -0.05) is 60.7 Å². The number of carbonyl (C=O) groups is 3. The number of benzene rings is 4. The van der Waals surface area contributed by atoms with E-state index in [2.05, 4.69) is 25.8 Å². The Labute approximate surface area is 349 Å². The second-order valence-electron chi connectivity index (χ2n) is 15.0. The molecule has 0 saturated carbocycles. The second kappa shape index (κ2) is 21.2. The molecule has 5 aromatic rings. The van der Waals surface area contributed by atoms with Gasteiger partial charge in [0.1, 0.15) is 17.6 Å². The number of piperidine rings is 1. The third-order valence-corrected chi connectivity index (χ3v) is 10.8. The van der Waals surface area contributed by atoms with Gasteiger partial charge in [-0.25, -0.2) is 4.79 Å². The van der Waals surface area contributed by atoms with Crippen LogP contribution in [-0.4, -0.2) is 95.9 Å². The number of ether oxygens (including phenoxy) is 2. The van der Waals surface area contributed by atoms with E-state index >= 15 is 0 Å². The van der Waals surface area contributed by atoms with Crippen LogP contribution >= 0.6 is 0 Å². The standard InChI is InChI=1S/C46H54N6O8/c1-51(44(57)23-27-52-25-21-34(22-26-52)60-46(58)49-38-13-7-6-12-35(38)31-10-4-3-5-11-31)24-9-8-14-42(55)48-33-16-15-32(41(28-33)59-2)29-47-30-40(54)36-17-19-39(53)45-37(36)18-20-43(56)50-45/h3-7,10-13,15-20,28,34,40,47,53-54H,8-9,14,21-27,29-30H2,1-2H3,(H,48,55)(H,49,58)(H,50,56)/t40-/m1/s1. The van der Waals surface area contributed by atoms with Gasteiger partial charge < -0.3 is 45.1 Å². The van der Waals surface area contributed by atoms with Crippen LogP contribution in [0.1, 0.15) is 55.8 Å². The normalized spacial score (nSPS) is 13.7. The Morgan fingerprint density at radius 3 is 2.47 bits per heavy atom. The number of aliphatic hydroxyl groups is 1. The average Bonchev–Trinajstić information content (AvgIpc) is 3.25. The zero-order valence-electron chi connectivity index (χ0n) is 34.1. The maximum absolute atomic E-state index is 12.9. The fourth-order valence-electron chi connectivity index (χ4n) is 7.40. The molecule has 0 unspecified atom stereocenters. The van der Waals surface area contributed by atoms with Crippen LogP contribution in [0.4, 0.5) is 16.2 Å². The predicted octanol–water partition coefficient (Wildman–Crippen LogP) is 6.40. The first-order chi connectivity index (χ1) is 29.1. The fourth-order valence-corrected chi connectivity index (χ4v) is 7.40. The van der Waals surface area contributed by atoms with E-state index in [0.717, 1.165) is 29.8 Å². The summed E-state index contributed by atoms with van der Waals surface area (Å²) >= 11 is 0. The lowest BCUT2D eigenvalue weighted by molar-refractivity contribution is -0.130. The van der Waals surface area contributed by atoms with Crippen LogP contribution < -0.4 is 26.2 Å². The van der Waals surface area contributed by atoms with Crippen molar-refractivity contribution in [2.75, 3.05) is 57.5 Å². The lowest BCUT2D eigenvalue weighted by Gasteiger charge is -2.31. The molecule has 14 nitrogen and oxygen atoms in total. The van der Waals surface area contributed by atoms with Crippen molar-refractivity contribution in [2.45, 2.75) is 57.3 Å². The molecular formula is C46H54N6O8. The highest BCUT2D eigenvalue weighted by Gasteiger charge is 2.24. The minimum Gasteiger partial charge on any atom is -0.506 e. The van der Waals surface area contributed by atoms with Gasteiger partial charge in [-0.05, 0) is 61.1 Å². The van der Waals surface area contributed by atoms with Crippen molar-refractivity contribution in [3.63, 3.8) is 0 Å². The summed E-state index contributed by atoms with van der Waals surface area (Å²) < 4.78 is 11.3. The maximum atomic E-state index is 12.9. The van der Waals surface area contributed by atoms with Gasteiger partial charge in [0.2, 0.25) is 17.4 Å². The first-order valence-electron chi connectivity index (χ1n) is 20.4. The van der Waals surface area contributed by atoms with E-state index in [4.69, 9.17) is 9.47 Å². The number of para-hydroxylation sites is 1. The lowest BCUT2D eigenvalue weighted by atomic mass is 10.0. The van der Waals surface area contributed by atoms with Crippen LogP contribution in [0.3, 0.4) is 0 Å². The molecule has 0 spiro atoms. The third kappa shape index (κ3) is 11.9. The van der Waals surface area contributed by atoms with Crippen molar-refractivity contribution in [3.8, 4) is 22.6 Å². The number of phenols is 1. The Balaban J connectivity index is 0.842. The Hall–Kier alpha value is -6.22. The Bertz CT molecular complexity index is 2290. The molecule has 14 heteroatoms. The van der Waals surface area contributed by atoms with Crippen LogP contribution in [-0.2, 0) is 20.9 Å². The van der Waals surface area contributed by atoms with Gasteiger partial charge in [-0.3, -0.25) is 19.7 Å². The molecule has 6 N–H and O–H groups in total. The third-order valence-electron chi connectivity index (χ3n) is 10.8. The van der Waals surface area contributed by atoms with E-state index in [-0.39, 0.29) is 41.3 Å². The summed E-state index contributed by atoms with van der Waals surface area (Å²) in [5, 5.41) is 30.6. The van der Waals surface area contributed by atoms with Gasteiger partial charge in [0.25, 0.3) is 0 Å². The smallest absolute Gasteiger partial charge is 0.411 e. The average molecular weight is 819 g/mol. The summed E-state index contributed by atoms with van der Waals surface area (Å²) in [6, 6.07) is 28.9. The number of H-pyrrole nitrogens is 1. The Morgan fingerprint density at radius 1 is 0.917 bits per heavy atom. The summed E-state index contributed by atoms with van der Waals surface area (Å²) in [5.74, 6) is 0.420. The number of hydrogen-bond acceptors (Lipinski definition) is 10. The number of phenolic OH excluding ortho intramolecular Hbond substituents is 1. The number of likely N-dealkylation sites (tertiary alicyclic amines) is 1. The number of carbonyl (C=O) groups excluding carboxylic acids is 3. The zero-order valence-corrected chi connectivity index (χ0v) is 34.1.